The molecule has 11 aromatic rings. The van der Waals surface area contributed by atoms with Gasteiger partial charge in [-0.1, -0.05) is 97.1 Å². The third-order valence-corrected chi connectivity index (χ3v) is 9.75. The zero-order chi connectivity index (χ0) is 33.5. The first-order valence-electron chi connectivity index (χ1n) is 16.8. The van der Waals surface area contributed by atoms with Crippen LogP contribution in [0.25, 0.3) is 111 Å². The largest absolute Gasteiger partial charge is 0.456 e. The lowest BCUT2D eigenvalue weighted by atomic mass is 10.0. The Morgan fingerprint density at radius 2 is 0.824 bits per heavy atom. The molecule has 7 aromatic carbocycles. The van der Waals surface area contributed by atoms with Crippen LogP contribution in [0.2, 0.25) is 0 Å². The van der Waals surface area contributed by atoms with Gasteiger partial charge in [0, 0.05) is 49.0 Å². The molecule has 0 saturated carbocycles. The predicted molar refractivity (Wildman–Crippen MR) is 203 cm³/mol. The molecule has 0 saturated heterocycles. The number of para-hydroxylation sites is 2. The van der Waals surface area contributed by atoms with Crippen molar-refractivity contribution in [1.82, 2.24) is 15.0 Å². The van der Waals surface area contributed by atoms with E-state index in [1.807, 2.05) is 97.1 Å². The second kappa shape index (κ2) is 10.7. The van der Waals surface area contributed by atoms with Crippen LogP contribution in [0.1, 0.15) is 0 Å². The molecular weight excluding hydrogens is 631 g/mol. The molecule has 6 heteroatoms. The third-order valence-electron chi connectivity index (χ3n) is 9.75. The van der Waals surface area contributed by atoms with Crippen LogP contribution in [-0.4, -0.2) is 15.0 Å². The molecule has 4 heterocycles. The highest BCUT2D eigenvalue weighted by atomic mass is 16.3. The summed E-state index contributed by atoms with van der Waals surface area (Å²) < 4.78 is 18.8. The lowest BCUT2D eigenvalue weighted by Crippen LogP contribution is -2.00. The highest BCUT2D eigenvalue weighted by Gasteiger charge is 2.19. The van der Waals surface area contributed by atoms with Gasteiger partial charge in [-0.2, -0.15) is 0 Å². The molecule has 0 atom stereocenters. The van der Waals surface area contributed by atoms with Crippen molar-refractivity contribution in [3.05, 3.63) is 152 Å². The van der Waals surface area contributed by atoms with Gasteiger partial charge in [-0.05, 0) is 65.7 Å². The summed E-state index contributed by atoms with van der Waals surface area (Å²) in [6, 6.07) is 51.2. The number of aromatic nitrogens is 3. The summed E-state index contributed by atoms with van der Waals surface area (Å²) in [6.45, 7) is 0. The van der Waals surface area contributed by atoms with Crippen LogP contribution in [-0.2, 0) is 0 Å². The van der Waals surface area contributed by atoms with E-state index in [1.165, 1.54) is 0 Å². The number of hydrogen-bond donors (Lipinski definition) is 0. The highest BCUT2D eigenvalue weighted by Crippen LogP contribution is 2.39. The van der Waals surface area contributed by atoms with Gasteiger partial charge in [0.05, 0.1) is 0 Å². The van der Waals surface area contributed by atoms with Gasteiger partial charge >= 0.3 is 0 Å². The summed E-state index contributed by atoms with van der Waals surface area (Å²) in [5.41, 5.74) is 9.77. The number of hydrogen-bond acceptors (Lipinski definition) is 6. The first-order valence-corrected chi connectivity index (χ1v) is 16.8. The van der Waals surface area contributed by atoms with E-state index >= 15 is 0 Å². The molecule has 0 N–H and O–H groups in total. The van der Waals surface area contributed by atoms with Crippen molar-refractivity contribution >= 4 is 65.8 Å². The first-order chi connectivity index (χ1) is 25.2. The van der Waals surface area contributed by atoms with Crippen molar-refractivity contribution in [2.45, 2.75) is 0 Å². The summed E-state index contributed by atoms with van der Waals surface area (Å²) in [7, 11) is 0. The van der Waals surface area contributed by atoms with E-state index in [0.29, 0.717) is 17.5 Å². The number of benzene rings is 7. The van der Waals surface area contributed by atoms with E-state index in [9.17, 15) is 0 Å². The fourth-order valence-electron chi connectivity index (χ4n) is 7.30. The van der Waals surface area contributed by atoms with Crippen LogP contribution in [0.4, 0.5) is 0 Å². The summed E-state index contributed by atoms with van der Waals surface area (Å²) >= 11 is 0. The maximum absolute atomic E-state index is 6.54. The van der Waals surface area contributed by atoms with Crippen molar-refractivity contribution in [3.63, 3.8) is 0 Å². The molecule has 0 unspecified atom stereocenters. The first kappa shape index (κ1) is 27.9. The van der Waals surface area contributed by atoms with Gasteiger partial charge < -0.3 is 13.3 Å². The number of rotatable bonds is 4. The average molecular weight is 656 g/mol. The van der Waals surface area contributed by atoms with E-state index < -0.39 is 0 Å². The van der Waals surface area contributed by atoms with E-state index in [4.69, 9.17) is 28.2 Å². The molecule has 0 radical (unpaired) electrons. The Morgan fingerprint density at radius 1 is 0.294 bits per heavy atom. The number of fused-ring (bicyclic) bond motifs is 9. The molecule has 0 fully saturated rings. The van der Waals surface area contributed by atoms with Crippen LogP contribution in [0.15, 0.2) is 165 Å². The van der Waals surface area contributed by atoms with Gasteiger partial charge in [0.15, 0.2) is 17.5 Å². The van der Waals surface area contributed by atoms with Crippen LogP contribution in [0, 0.1) is 0 Å². The van der Waals surface area contributed by atoms with E-state index in [2.05, 4.69) is 54.6 Å². The summed E-state index contributed by atoms with van der Waals surface area (Å²) in [5, 5.41) is 6.29. The van der Waals surface area contributed by atoms with Gasteiger partial charge in [-0.15, -0.1) is 0 Å². The smallest absolute Gasteiger partial charge is 0.164 e. The highest BCUT2D eigenvalue weighted by molar-refractivity contribution is 6.12. The van der Waals surface area contributed by atoms with E-state index in [-0.39, 0.29) is 0 Å². The molecule has 0 bridgehead atoms. The zero-order valence-electron chi connectivity index (χ0n) is 27.0. The summed E-state index contributed by atoms with van der Waals surface area (Å²) in [4.78, 5) is 15.1. The van der Waals surface area contributed by atoms with Gasteiger partial charge in [-0.3, -0.25) is 0 Å². The van der Waals surface area contributed by atoms with Crippen molar-refractivity contribution in [2.24, 2.45) is 0 Å². The SMILES string of the molecule is c1ccc(-c2nc(-c3ccc4c(c3)oc3cc(-c5ccc6oc7ccccc7c6c5)ccc34)nc(-c3cccc4oc5ccccc5c34)n2)cc1. The van der Waals surface area contributed by atoms with Crippen LogP contribution >= 0.6 is 0 Å². The number of nitrogens with zero attached hydrogens (tertiary/aromatic N) is 3. The van der Waals surface area contributed by atoms with Crippen LogP contribution in [0.5, 0.6) is 0 Å². The lowest BCUT2D eigenvalue weighted by Gasteiger charge is -2.09. The van der Waals surface area contributed by atoms with E-state index in [0.717, 1.165) is 93.6 Å². The Balaban J connectivity index is 1.05. The second-order valence-electron chi connectivity index (χ2n) is 12.8. The maximum atomic E-state index is 6.54. The second-order valence-corrected chi connectivity index (χ2v) is 12.8. The van der Waals surface area contributed by atoms with Gasteiger partial charge in [-0.25, -0.2) is 15.0 Å². The standard InChI is InChI=1S/C45H25N3O3/c1-2-9-26(10-3-1)43-46-44(48-45(47-43)34-13-8-16-39-42(34)33-12-5-7-15-37(33)50-39)29-18-21-32-31-20-17-28(24-40(31)51-41(32)25-29)27-19-22-38-35(23-27)30-11-4-6-14-36(30)49-38/h1-25H. The molecule has 11 rings (SSSR count). The van der Waals surface area contributed by atoms with Crippen molar-refractivity contribution in [1.29, 1.82) is 0 Å². The van der Waals surface area contributed by atoms with Crippen molar-refractivity contribution in [2.75, 3.05) is 0 Å². The summed E-state index contributed by atoms with van der Waals surface area (Å²) in [5.74, 6) is 1.73. The molecule has 0 aliphatic rings. The molecule has 0 spiro atoms. The Morgan fingerprint density at radius 3 is 1.65 bits per heavy atom. The van der Waals surface area contributed by atoms with Gasteiger partial charge in [0.25, 0.3) is 0 Å². The minimum Gasteiger partial charge on any atom is -0.456 e. The lowest BCUT2D eigenvalue weighted by molar-refractivity contribution is 0.668. The third kappa shape index (κ3) is 4.40. The van der Waals surface area contributed by atoms with Crippen LogP contribution in [0.3, 0.4) is 0 Å². The molecule has 0 aliphatic heterocycles. The molecule has 51 heavy (non-hydrogen) atoms. The quantitative estimate of drug-likeness (QED) is 0.188. The normalized spacial score (nSPS) is 11.9. The predicted octanol–water partition coefficient (Wildman–Crippen LogP) is 12.2. The monoisotopic (exact) mass is 655 g/mol. The topological polar surface area (TPSA) is 78.1 Å². The average Bonchev–Trinajstić information content (AvgIpc) is 3.88. The minimum atomic E-state index is 0.562. The molecule has 6 nitrogen and oxygen atoms in total. The van der Waals surface area contributed by atoms with Gasteiger partial charge in [0.2, 0.25) is 0 Å². The van der Waals surface area contributed by atoms with Crippen LogP contribution < -0.4 is 0 Å². The maximum Gasteiger partial charge on any atom is 0.164 e. The summed E-state index contributed by atoms with van der Waals surface area (Å²) in [6.07, 6.45) is 0. The number of furan rings is 3. The van der Waals surface area contributed by atoms with Gasteiger partial charge in [0.1, 0.15) is 33.5 Å². The fraction of sp³-hybridized carbons (Fsp3) is 0. The Kier molecular flexibility index (Phi) is 5.86. The van der Waals surface area contributed by atoms with E-state index in [1.54, 1.807) is 0 Å². The Labute approximate surface area is 290 Å². The Bertz CT molecular complexity index is 3150. The minimum absolute atomic E-state index is 0.562. The molecule has 4 aromatic heterocycles. The molecular formula is C45H25N3O3. The van der Waals surface area contributed by atoms with Crippen molar-refractivity contribution in [3.8, 4) is 45.3 Å². The van der Waals surface area contributed by atoms with Crippen molar-refractivity contribution < 1.29 is 13.3 Å². The molecule has 0 amide bonds. The molecule has 238 valence electrons. The molecule has 0 aliphatic carbocycles. The zero-order valence-corrected chi connectivity index (χ0v) is 27.0. The Hall–Kier alpha value is -7.05. The fourth-order valence-corrected chi connectivity index (χ4v) is 7.30.